The molecule has 3 aliphatic rings. The molecular formula is C36H40ClN9O5. The molecule has 1 spiro atoms. The summed E-state index contributed by atoms with van der Waals surface area (Å²) in [5.41, 5.74) is 6.17. The van der Waals surface area contributed by atoms with Gasteiger partial charge in [0.25, 0.3) is 0 Å². The third-order valence-electron chi connectivity index (χ3n) is 10.6. The zero-order chi connectivity index (χ0) is 35.4. The van der Waals surface area contributed by atoms with Crippen molar-refractivity contribution in [2.24, 2.45) is 5.41 Å². The largest absolute Gasteiger partial charge is 0.449 e. The Balaban J connectivity index is 1.17. The number of amides is 1. The maximum atomic E-state index is 12.5. The van der Waals surface area contributed by atoms with Gasteiger partial charge in [0.1, 0.15) is 5.69 Å². The number of aryl methyl sites for hydroxylation is 1. The number of halogens is 1. The lowest BCUT2D eigenvalue weighted by Crippen LogP contribution is -2.64. The molecule has 0 N–H and O–H groups in total. The first-order chi connectivity index (χ1) is 24.7. The first kappa shape index (κ1) is 33.3. The number of fused-ring (bicyclic) bond motifs is 1. The number of pyridine rings is 1. The lowest BCUT2D eigenvalue weighted by molar-refractivity contribution is -0.389. The van der Waals surface area contributed by atoms with Gasteiger partial charge in [-0.2, -0.15) is 10.2 Å². The molecule has 1 aliphatic carbocycles. The standard InChI is InChI=1S/C36H40ClN9O5/c1-4-5-13-51-35(47)42-20-36(21-42)16-25(17-36)44-23(3)31(34(41-44)24-9-10-28(38-18-24)43-12-11-29(40-43)46(48)49)32-26-19-39-45(30-8-6-7-14-50-30)27(26)15-22(2)33(32)37/h9-12,15,18-19,25,30H,4-8,13-14,16-17,20-21H2,1-3H3. The van der Waals surface area contributed by atoms with Crippen LogP contribution in [0.3, 0.4) is 0 Å². The normalized spacial score (nSPS) is 18.6. The highest BCUT2D eigenvalue weighted by Crippen LogP contribution is 2.55. The average Bonchev–Trinajstić information content (AvgIpc) is 3.83. The average molecular weight is 714 g/mol. The maximum absolute atomic E-state index is 12.5. The van der Waals surface area contributed by atoms with E-state index in [1.807, 2.05) is 23.9 Å². The summed E-state index contributed by atoms with van der Waals surface area (Å²) in [4.78, 5) is 29.6. The molecule has 5 aromatic rings. The summed E-state index contributed by atoms with van der Waals surface area (Å²) < 4.78 is 17.0. The van der Waals surface area contributed by atoms with E-state index in [9.17, 15) is 14.9 Å². The van der Waals surface area contributed by atoms with Crippen molar-refractivity contribution < 1.29 is 19.2 Å². The second-order valence-electron chi connectivity index (χ2n) is 14.1. The number of unbranched alkanes of at least 4 members (excludes halogenated alkanes) is 1. The van der Waals surface area contributed by atoms with Gasteiger partial charge in [-0.3, -0.25) is 4.68 Å². The van der Waals surface area contributed by atoms with Gasteiger partial charge in [-0.15, -0.1) is 4.68 Å². The van der Waals surface area contributed by atoms with Crippen molar-refractivity contribution in [3.05, 3.63) is 69.3 Å². The predicted molar refractivity (Wildman–Crippen MR) is 190 cm³/mol. The van der Waals surface area contributed by atoms with Gasteiger partial charge < -0.3 is 24.5 Å². The highest BCUT2D eigenvalue weighted by molar-refractivity contribution is 6.36. The molecule has 266 valence electrons. The molecule has 1 aromatic carbocycles. The smallest absolute Gasteiger partial charge is 0.409 e. The Bertz CT molecular complexity index is 2120. The van der Waals surface area contributed by atoms with Crippen molar-refractivity contribution in [1.29, 1.82) is 0 Å². The SMILES string of the molecule is CCCCOC(=O)N1CC2(CC(n3nc(-c4ccc(-n5ccc([N+](=O)[O-])n5)nc4)c(-c4c(Cl)c(C)cc5c4cnn5C4CCCCO4)c3C)C2)C1. The van der Waals surface area contributed by atoms with Gasteiger partial charge in [0.15, 0.2) is 12.0 Å². The zero-order valence-corrected chi connectivity index (χ0v) is 29.7. The maximum Gasteiger partial charge on any atom is 0.409 e. The summed E-state index contributed by atoms with van der Waals surface area (Å²) in [6, 6.07) is 7.24. The van der Waals surface area contributed by atoms with Crippen LogP contribution >= 0.6 is 11.6 Å². The predicted octanol–water partition coefficient (Wildman–Crippen LogP) is 7.60. The number of ether oxygens (including phenoxy) is 2. The van der Waals surface area contributed by atoms with E-state index in [0.29, 0.717) is 37.1 Å². The van der Waals surface area contributed by atoms with Crippen LogP contribution in [-0.2, 0) is 9.47 Å². The van der Waals surface area contributed by atoms with E-state index in [1.54, 1.807) is 17.2 Å². The van der Waals surface area contributed by atoms with Gasteiger partial charge in [0.05, 0.1) is 46.7 Å². The number of carbonyl (C=O) groups is 1. The molecule has 14 nitrogen and oxygen atoms in total. The van der Waals surface area contributed by atoms with Crippen LogP contribution in [0.25, 0.3) is 39.1 Å². The van der Waals surface area contributed by atoms with Crippen LogP contribution in [0.4, 0.5) is 10.6 Å². The number of benzene rings is 1. The van der Waals surface area contributed by atoms with Crippen molar-refractivity contribution in [3.8, 4) is 28.2 Å². The minimum Gasteiger partial charge on any atom is -0.449 e. The number of hydrogen-bond acceptors (Lipinski definition) is 9. The van der Waals surface area contributed by atoms with E-state index >= 15 is 0 Å². The van der Waals surface area contributed by atoms with Crippen molar-refractivity contribution in [2.45, 2.75) is 78.0 Å². The molecule has 0 bridgehead atoms. The van der Waals surface area contributed by atoms with Crippen LogP contribution < -0.4 is 0 Å². The summed E-state index contributed by atoms with van der Waals surface area (Å²) in [6.45, 7) is 8.71. The Morgan fingerprint density at radius 2 is 1.94 bits per heavy atom. The van der Waals surface area contributed by atoms with E-state index < -0.39 is 4.92 Å². The van der Waals surface area contributed by atoms with Gasteiger partial charge >= 0.3 is 11.9 Å². The Morgan fingerprint density at radius 3 is 2.63 bits per heavy atom. The third-order valence-corrected chi connectivity index (χ3v) is 11.1. The molecule has 1 amide bonds. The molecule has 1 saturated carbocycles. The molecule has 51 heavy (non-hydrogen) atoms. The molecule has 6 heterocycles. The topological polar surface area (TPSA) is 148 Å². The van der Waals surface area contributed by atoms with Crippen molar-refractivity contribution in [2.75, 3.05) is 26.3 Å². The molecule has 2 aliphatic heterocycles. The fourth-order valence-corrected chi connectivity index (χ4v) is 8.17. The minimum atomic E-state index is -0.535. The van der Waals surface area contributed by atoms with Gasteiger partial charge in [-0.25, -0.2) is 14.5 Å². The monoisotopic (exact) mass is 713 g/mol. The molecule has 3 fully saturated rings. The number of hydrogen-bond donors (Lipinski definition) is 0. The first-order valence-corrected chi connectivity index (χ1v) is 18.0. The highest BCUT2D eigenvalue weighted by atomic mass is 35.5. The van der Waals surface area contributed by atoms with Gasteiger partial charge in [0.2, 0.25) is 0 Å². The second-order valence-corrected chi connectivity index (χ2v) is 14.5. The molecule has 2 saturated heterocycles. The van der Waals surface area contributed by atoms with E-state index in [4.69, 9.17) is 31.3 Å². The van der Waals surface area contributed by atoms with Crippen LogP contribution in [0.15, 0.2) is 42.9 Å². The fraction of sp³-hybridized carbons (Fsp3) is 0.472. The molecule has 8 rings (SSSR count). The Hall–Kier alpha value is -4.82. The summed E-state index contributed by atoms with van der Waals surface area (Å²) in [5, 5.41) is 26.9. The first-order valence-electron chi connectivity index (χ1n) is 17.6. The number of nitrogens with zero attached hydrogens (tertiary/aromatic N) is 9. The van der Waals surface area contributed by atoms with Crippen LogP contribution in [0, 0.1) is 29.4 Å². The summed E-state index contributed by atoms with van der Waals surface area (Å²) in [6.07, 6.45) is 11.4. The Kier molecular flexibility index (Phi) is 8.53. The van der Waals surface area contributed by atoms with Crippen LogP contribution in [0.1, 0.15) is 75.4 Å². The molecule has 15 heteroatoms. The number of likely N-dealkylation sites (tertiary alicyclic amines) is 1. The quantitative estimate of drug-likeness (QED) is 0.0855. The lowest BCUT2D eigenvalue weighted by atomic mass is 9.61. The number of aromatic nitrogens is 7. The summed E-state index contributed by atoms with van der Waals surface area (Å²) >= 11 is 7.23. The van der Waals surface area contributed by atoms with E-state index in [0.717, 1.165) is 89.5 Å². The van der Waals surface area contributed by atoms with Crippen molar-refractivity contribution in [3.63, 3.8) is 0 Å². The minimum absolute atomic E-state index is 0.0676. The van der Waals surface area contributed by atoms with E-state index in [1.165, 1.54) is 16.9 Å². The van der Waals surface area contributed by atoms with Crippen LogP contribution in [0.2, 0.25) is 5.02 Å². The fourth-order valence-electron chi connectivity index (χ4n) is 7.92. The lowest BCUT2D eigenvalue weighted by Gasteiger charge is -2.58. The van der Waals surface area contributed by atoms with Crippen molar-refractivity contribution >= 4 is 34.4 Å². The van der Waals surface area contributed by atoms with Gasteiger partial charge in [-0.05, 0) is 81.1 Å². The van der Waals surface area contributed by atoms with Crippen LogP contribution in [0.5, 0.6) is 0 Å². The Labute approximate surface area is 299 Å². The van der Waals surface area contributed by atoms with Gasteiger partial charge in [0, 0.05) is 59.1 Å². The number of rotatable bonds is 9. The number of carbonyl (C=O) groups excluding carboxylic acids is 1. The van der Waals surface area contributed by atoms with E-state index in [-0.39, 0.29) is 29.6 Å². The second kappa shape index (κ2) is 13.1. The Morgan fingerprint density at radius 1 is 1.12 bits per heavy atom. The van der Waals surface area contributed by atoms with Crippen molar-refractivity contribution in [1.82, 2.24) is 39.2 Å². The molecule has 1 atom stereocenters. The van der Waals surface area contributed by atoms with Crippen LogP contribution in [-0.4, -0.2) is 76.5 Å². The third kappa shape index (κ3) is 5.83. The highest BCUT2D eigenvalue weighted by Gasteiger charge is 2.55. The zero-order valence-electron chi connectivity index (χ0n) is 28.9. The summed E-state index contributed by atoms with van der Waals surface area (Å²) in [5.74, 6) is 0.189. The summed E-state index contributed by atoms with van der Waals surface area (Å²) in [7, 11) is 0. The molecule has 4 aromatic heterocycles. The number of nitro groups is 1. The van der Waals surface area contributed by atoms with E-state index in [2.05, 4.69) is 34.7 Å². The molecule has 0 radical (unpaired) electrons. The molecule has 1 unspecified atom stereocenters. The molecular weight excluding hydrogens is 674 g/mol. The van der Waals surface area contributed by atoms with Gasteiger partial charge in [-0.1, -0.05) is 24.9 Å².